The molecule has 1 heterocycles. The molecule has 0 atom stereocenters. The van der Waals surface area contributed by atoms with Gasteiger partial charge in [-0.1, -0.05) is 23.5 Å². The fraction of sp³-hybridized carbons (Fsp3) is 0.0714. The van der Waals surface area contributed by atoms with E-state index >= 15 is 0 Å². The number of phenolic OH excluding ortho intramolecular Hbond substituents is 2. The van der Waals surface area contributed by atoms with Crippen LogP contribution in [0.5, 0.6) is 11.5 Å². The monoisotopic (exact) mass is 285 g/mol. The van der Waals surface area contributed by atoms with Gasteiger partial charge in [0.25, 0.3) is 0 Å². The van der Waals surface area contributed by atoms with Gasteiger partial charge in [-0.25, -0.2) is 4.98 Å². The number of nitrogens with zero attached hydrogens (tertiary/aromatic N) is 3. The van der Waals surface area contributed by atoms with Gasteiger partial charge in [-0.05, 0) is 30.3 Å². The van der Waals surface area contributed by atoms with Gasteiger partial charge in [0.15, 0.2) is 0 Å². The van der Waals surface area contributed by atoms with Crippen LogP contribution in [0.25, 0.3) is 10.2 Å². The van der Waals surface area contributed by atoms with Crippen LogP contribution in [0.4, 0.5) is 5.13 Å². The number of hydrogen-bond donors (Lipinski definition) is 2. The van der Waals surface area contributed by atoms with Crippen LogP contribution in [0.15, 0.2) is 52.7 Å². The van der Waals surface area contributed by atoms with Crippen molar-refractivity contribution in [1.82, 2.24) is 4.98 Å². The Morgan fingerprint density at radius 1 is 1.10 bits per heavy atom. The molecule has 0 amide bonds. The molecular weight excluding hydrogens is 274 g/mol. The minimum absolute atomic E-state index is 0.0889. The van der Waals surface area contributed by atoms with Crippen LogP contribution in [-0.4, -0.2) is 15.2 Å². The van der Waals surface area contributed by atoms with Crippen molar-refractivity contribution in [1.29, 1.82) is 0 Å². The van der Waals surface area contributed by atoms with E-state index in [0.717, 1.165) is 10.2 Å². The second-order valence-electron chi connectivity index (χ2n) is 4.18. The van der Waals surface area contributed by atoms with E-state index in [1.165, 1.54) is 29.5 Å². The van der Waals surface area contributed by atoms with Crippen molar-refractivity contribution < 1.29 is 10.2 Å². The van der Waals surface area contributed by atoms with E-state index in [-0.39, 0.29) is 18.0 Å². The summed E-state index contributed by atoms with van der Waals surface area (Å²) in [6.07, 6.45) is 0. The minimum Gasteiger partial charge on any atom is -0.508 e. The van der Waals surface area contributed by atoms with Gasteiger partial charge in [-0.3, -0.25) is 0 Å². The number of benzene rings is 2. The Bertz CT molecular complexity index is 750. The van der Waals surface area contributed by atoms with Crippen molar-refractivity contribution >= 4 is 26.7 Å². The summed E-state index contributed by atoms with van der Waals surface area (Å²) < 4.78 is 1.06. The molecule has 0 saturated heterocycles. The molecule has 0 unspecified atom stereocenters. The van der Waals surface area contributed by atoms with Crippen molar-refractivity contribution in [3.63, 3.8) is 0 Å². The van der Waals surface area contributed by atoms with Crippen LogP contribution >= 0.6 is 11.3 Å². The maximum atomic E-state index is 9.62. The van der Waals surface area contributed by atoms with Gasteiger partial charge in [0.1, 0.15) is 11.5 Å². The summed E-state index contributed by atoms with van der Waals surface area (Å²) in [6, 6.07) is 12.1. The number of fused-ring (bicyclic) bond motifs is 1. The van der Waals surface area contributed by atoms with E-state index in [0.29, 0.717) is 10.7 Å². The van der Waals surface area contributed by atoms with E-state index in [2.05, 4.69) is 15.2 Å². The number of azo groups is 1. The zero-order chi connectivity index (χ0) is 13.9. The summed E-state index contributed by atoms with van der Waals surface area (Å²) in [5.41, 5.74) is 1.42. The third-order valence-corrected chi connectivity index (χ3v) is 3.66. The first-order chi connectivity index (χ1) is 9.72. The van der Waals surface area contributed by atoms with Crippen LogP contribution in [0.1, 0.15) is 5.56 Å². The molecule has 20 heavy (non-hydrogen) atoms. The maximum absolute atomic E-state index is 9.62. The molecule has 1 aromatic heterocycles. The number of para-hydroxylation sites is 1. The molecule has 3 rings (SSSR count). The molecular formula is C14H11N3O2S. The number of aromatic hydroxyl groups is 2. The van der Waals surface area contributed by atoms with Crippen molar-refractivity contribution in [3.05, 3.63) is 48.0 Å². The minimum atomic E-state index is 0.0889. The molecule has 0 fully saturated rings. The Balaban J connectivity index is 1.78. The van der Waals surface area contributed by atoms with Crippen molar-refractivity contribution in [2.45, 2.75) is 6.54 Å². The molecule has 5 nitrogen and oxygen atoms in total. The van der Waals surface area contributed by atoms with Crippen LogP contribution < -0.4 is 0 Å². The fourth-order valence-electron chi connectivity index (χ4n) is 1.77. The Hall–Kier alpha value is -2.47. The SMILES string of the molecule is Oc1ccc(O)c(CN=Nc2nc3ccccc3s2)c1. The van der Waals surface area contributed by atoms with Crippen LogP contribution in [0.3, 0.4) is 0 Å². The normalized spacial score (nSPS) is 11.4. The third kappa shape index (κ3) is 2.60. The first-order valence-electron chi connectivity index (χ1n) is 5.96. The summed E-state index contributed by atoms with van der Waals surface area (Å²) in [4.78, 5) is 4.33. The number of hydrogen-bond acceptors (Lipinski definition) is 6. The average Bonchev–Trinajstić information content (AvgIpc) is 2.85. The lowest BCUT2D eigenvalue weighted by Gasteiger charge is -2.00. The zero-order valence-electron chi connectivity index (χ0n) is 10.4. The van der Waals surface area contributed by atoms with E-state index in [1.807, 2.05) is 24.3 Å². The number of aromatic nitrogens is 1. The molecule has 0 aliphatic carbocycles. The second kappa shape index (κ2) is 5.26. The molecule has 0 aliphatic rings. The molecule has 2 aromatic carbocycles. The lowest BCUT2D eigenvalue weighted by molar-refractivity contribution is 0.454. The number of phenols is 2. The maximum Gasteiger partial charge on any atom is 0.230 e. The highest BCUT2D eigenvalue weighted by atomic mass is 32.1. The van der Waals surface area contributed by atoms with E-state index < -0.39 is 0 Å². The Morgan fingerprint density at radius 3 is 2.80 bits per heavy atom. The topological polar surface area (TPSA) is 78.1 Å². The van der Waals surface area contributed by atoms with Gasteiger partial charge < -0.3 is 10.2 Å². The van der Waals surface area contributed by atoms with Crippen molar-refractivity contribution in [2.24, 2.45) is 10.2 Å². The van der Waals surface area contributed by atoms with E-state index in [9.17, 15) is 10.2 Å². The summed E-state index contributed by atoms with van der Waals surface area (Å²) in [6.45, 7) is 0.191. The predicted octanol–water partition coefficient (Wildman–Crippen LogP) is 3.99. The zero-order valence-corrected chi connectivity index (χ0v) is 11.2. The molecule has 3 aromatic rings. The van der Waals surface area contributed by atoms with Crippen molar-refractivity contribution in [3.8, 4) is 11.5 Å². The summed E-state index contributed by atoms with van der Waals surface area (Å²) >= 11 is 1.46. The standard InChI is InChI=1S/C14H11N3O2S/c18-10-5-6-12(19)9(7-10)8-15-17-14-16-11-3-1-2-4-13(11)20-14/h1-7,18-19H,8H2. The predicted molar refractivity (Wildman–Crippen MR) is 77.6 cm³/mol. The quantitative estimate of drug-likeness (QED) is 0.564. The van der Waals surface area contributed by atoms with Crippen LogP contribution in [-0.2, 0) is 6.54 Å². The van der Waals surface area contributed by atoms with E-state index in [4.69, 9.17) is 0 Å². The largest absolute Gasteiger partial charge is 0.508 e. The molecule has 6 heteroatoms. The Kier molecular flexibility index (Phi) is 3.30. The summed E-state index contributed by atoms with van der Waals surface area (Å²) in [5.74, 6) is 0.180. The molecule has 0 spiro atoms. The van der Waals surface area contributed by atoms with Gasteiger partial charge in [-0.15, -0.1) is 5.11 Å². The van der Waals surface area contributed by atoms with Gasteiger partial charge in [-0.2, -0.15) is 5.11 Å². The van der Waals surface area contributed by atoms with Crippen molar-refractivity contribution in [2.75, 3.05) is 0 Å². The lowest BCUT2D eigenvalue weighted by atomic mass is 10.2. The molecule has 0 radical (unpaired) electrons. The molecule has 0 bridgehead atoms. The molecule has 0 saturated carbocycles. The molecule has 2 N–H and O–H groups in total. The Morgan fingerprint density at radius 2 is 1.95 bits per heavy atom. The first-order valence-corrected chi connectivity index (χ1v) is 6.78. The third-order valence-electron chi connectivity index (χ3n) is 2.74. The average molecular weight is 285 g/mol. The molecule has 0 aliphatic heterocycles. The van der Waals surface area contributed by atoms with E-state index in [1.54, 1.807) is 0 Å². The van der Waals surface area contributed by atoms with Gasteiger partial charge in [0.05, 0.1) is 16.8 Å². The highest BCUT2D eigenvalue weighted by molar-refractivity contribution is 7.21. The highest BCUT2D eigenvalue weighted by Crippen LogP contribution is 2.28. The Labute approximate surface area is 118 Å². The number of rotatable bonds is 3. The first kappa shape index (κ1) is 12.6. The van der Waals surface area contributed by atoms with Crippen LogP contribution in [0.2, 0.25) is 0 Å². The van der Waals surface area contributed by atoms with Gasteiger partial charge in [0.2, 0.25) is 5.13 Å². The van der Waals surface area contributed by atoms with Gasteiger partial charge in [0, 0.05) is 5.56 Å². The highest BCUT2D eigenvalue weighted by Gasteiger charge is 2.03. The fourth-order valence-corrected chi connectivity index (χ4v) is 2.58. The lowest BCUT2D eigenvalue weighted by Crippen LogP contribution is -1.81. The summed E-state index contributed by atoms with van der Waals surface area (Å²) in [5, 5.41) is 27.6. The smallest absolute Gasteiger partial charge is 0.230 e. The second-order valence-corrected chi connectivity index (χ2v) is 5.19. The van der Waals surface area contributed by atoms with Gasteiger partial charge >= 0.3 is 0 Å². The number of thiazole rings is 1. The molecule has 100 valence electrons. The summed E-state index contributed by atoms with van der Waals surface area (Å²) in [7, 11) is 0. The van der Waals surface area contributed by atoms with Crippen LogP contribution in [0, 0.1) is 0 Å².